The number of nitrogens with zero attached hydrogens (tertiary/aromatic N) is 2. The monoisotopic (exact) mass is 433 g/mol. The second-order valence-corrected chi connectivity index (χ2v) is 7.94. The maximum atomic E-state index is 13.1. The fourth-order valence-electron chi connectivity index (χ4n) is 3.73. The van der Waals surface area contributed by atoms with Crippen molar-refractivity contribution in [3.05, 3.63) is 60.2 Å². The molecule has 2 aromatic carbocycles. The highest BCUT2D eigenvalue weighted by molar-refractivity contribution is 6.07. The number of carbonyl (C=O) groups excluding carboxylic acids is 1. The highest BCUT2D eigenvalue weighted by atomic mass is 16.5. The fraction of sp³-hybridized carbons (Fsp3) is 0.407. The lowest BCUT2D eigenvalue weighted by atomic mass is 10.0. The van der Waals surface area contributed by atoms with Crippen LogP contribution in [0.15, 0.2) is 54.6 Å². The minimum Gasteiger partial charge on any atom is -0.494 e. The molecule has 0 aliphatic heterocycles. The van der Waals surface area contributed by atoms with Gasteiger partial charge in [0.1, 0.15) is 5.75 Å². The van der Waals surface area contributed by atoms with Crippen molar-refractivity contribution in [2.75, 3.05) is 32.8 Å². The Bertz CT molecular complexity index is 1010. The Kier molecular flexibility index (Phi) is 9.05. The van der Waals surface area contributed by atoms with Gasteiger partial charge in [-0.1, -0.05) is 57.5 Å². The van der Waals surface area contributed by atoms with Gasteiger partial charge in [0.05, 0.1) is 23.4 Å². The number of fused-ring (bicyclic) bond motifs is 1. The molecule has 0 saturated carbocycles. The van der Waals surface area contributed by atoms with Crippen LogP contribution < -0.4 is 10.1 Å². The van der Waals surface area contributed by atoms with Crippen LogP contribution in [0.5, 0.6) is 5.75 Å². The van der Waals surface area contributed by atoms with Crippen LogP contribution in [0.2, 0.25) is 0 Å². The Hall–Kier alpha value is -2.92. The molecule has 1 aromatic heterocycles. The quantitative estimate of drug-likeness (QED) is 0.381. The predicted octanol–water partition coefficient (Wildman–Crippen LogP) is 5.54. The van der Waals surface area contributed by atoms with Crippen LogP contribution in [0.4, 0.5) is 0 Å². The van der Waals surface area contributed by atoms with Gasteiger partial charge in [0, 0.05) is 17.5 Å². The molecule has 0 radical (unpaired) electrons. The Morgan fingerprint density at radius 2 is 1.81 bits per heavy atom. The maximum absolute atomic E-state index is 13.1. The van der Waals surface area contributed by atoms with E-state index in [4.69, 9.17) is 9.72 Å². The molecule has 3 rings (SSSR count). The van der Waals surface area contributed by atoms with Gasteiger partial charge in [0.25, 0.3) is 5.91 Å². The predicted molar refractivity (Wildman–Crippen MR) is 132 cm³/mol. The average Bonchev–Trinajstić information content (AvgIpc) is 2.83. The molecular weight excluding hydrogens is 398 g/mol. The Balaban J connectivity index is 1.81. The minimum absolute atomic E-state index is 0.0558. The lowest BCUT2D eigenvalue weighted by Gasteiger charge is -2.17. The number of unbranched alkanes of at least 4 members (excludes halogenated alkanes) is 1. The number of hydrogen-bond donors (Lipinski definition) is 1. The second kappa shape index (κ2) is 12.2. The zero-order valence-corrected chi connectivity index (χ0v) is 19.6. The maximum Gasteiger partial charge on any atom is 0.252 e. The number of rotatable bonds is 12. The van der Waals surface area contributed by atoms with Crippen molar-refractivity contribution in [1.82, 2.24) is 15.2 Å². The number of ether oxygens (including phenoxy) is 1. The molecule has 0 saturated heterocycles. The summed E-state index contributed by atoms with van der Waals surface area (Å²) in [6, 6.07) is 17.7. The molecule has 0 spiro atoms. The Morgan fingerprint density at radius 3 is 2.59 bits per heavy atom. The first-order valence-corrected chi connectivity index (χ1v) is 11.8. The molecule has 5 nitrogen and oxygen atoms in total. The largest absolute Gasteiger partial charge is 0.494 e. The molecule has 32 heavy (non-hydrogen) atoms. The molecule has 0 fully saturated rings. The van der Waals surface area contributed by atoms with Crippen LogP contribution in [0.1, 0.15) is 50.4 Å². The highest BCUT2D eigenvalue weighted by Gasteiger charge is 2.14. The van der Waals surface area contributed by atoms with Crippen LogP contribution in [0.3, 0.4) is 0 Å². The average molecular weight is 434 g/mol. The molecule has 3 aromatic rings. The molecular formula is C27H35N3O2. The van der Waals surface area contributed by atoms with Gasteiger partial charge in [-0.3, -0.25) is 4.79 Å². The molecule has 0 aliphatic carbocycles. The van der Waals surface area contributed by atoms with E-state index in [1.807, 2.05) is 54.6 Å². The van der Waals surface area contributed by atoms with E-state index in [1.165, 1.54) is 0 Å². The Labute approximate surface area is 191 Å². The standard InChI is InChI=1S/C27H35N3O2/c1-4-7-18-32-22-13-10-12-21(19-22)26-20-24(23-14-8-9-15-25(23)29-26)27(31)28-16-11-17-30(5-2)6-3/h8-10,12-15,19-20H,4-7,11,16-18H2,1-3H3,(H,28,31). The van der Waals surface area contributed by atoms with Crippen LogP contribution in [-0.4, -0.2) is 48.6 Å². The zero-order chi connectivity index (χ0) is 22.8. The summed E-state index contributed by atoms with van der Waals surface area (Å²) in [6.45, 7) is 10.9. The molecule has 0 aliphatic rings. The SMILES string of the molecule is CCCCOc1cccc(-c2cc(C(=O)NCCCN(CC)CC)c3ccccc3n2)c1. The first kappa shape index (κ1) is 23.7. The Morgan fingerprint density at radius 1 is 1.00 bits per heavy atom. The molecule has 0 bridgehead atoms. The molecule has 0 unspecified atom stereocenters. The van der Waals surface area contributed by atoms with Gasteiger partial charge in [-0.05, 0) is 56.7 Å². The third kappa shape index (κ3) is 6.30. The van der Waals surface area contributed by atoms with Gasteiger partial charge in [0.15, 0.2) is 0 Å². The summed E-state index contributed by atoms with van der Waals surface area (Å²) in [5, 5.41) is 3.97. The van der Waals surface area contributed by atoms with Gasteiger partial charge in [-0.25, -0.2) is 4.98 Å². The van der Waals surface area contributed by atoms with Crippen LogP contribution >= 0.6 is 0 Å². The summed E-state index contributed by atoms with van der Waals surface area (Å²) >= 11 is 0. The number of amides is 1. The van der Waals surface area contributed by atoms with E-state index in [0.717, 1.165) is 66.8 Å². The van der Waals surface area contributed by atoms with Gasteiger partial charge in [-0.15, -0.1) is 0 Å². The number of pyridine rings is 1. The third-order valence-electron chi connectivity index (χ3n) is 5.69. The lowest BCUT2D eigenvalue weighted by Crippen LogP contribution is -2.30. The molecule has 5 heteroatoms. The molecule has 1 heterocycles. The first-order valence-electron chi connectivity index (χ1n) is 11.8. The molecule has 1 N–H and O–H groups in total. The number of nitrogens with one attached hydrogen (secondary N) is 1. The van der Waals surface area contributed by atoms with E-state index in [2.05, 4.69) is 31.0 Å². The van der Waals surface area contributed by atoms with Crippen molar-refractivity contribution in [1.29, 1.82) is 0 Å². The number of benzene rings is 2. The second-order valence-electron chi connectivity index (χ2n) is 7.94. The van der Waals surface area contributed by atoms with E-state index in [1.54, 1.807) is 0 Å². The zero-order valence-electron chi connectivity index (χ0n) is 19.6. The highest BCUT2D eigenvalue weighted by Crippen LogP contribution is 2.27. The van der Waals surface area contributed by atoms with Crippen LogP contribution in [0.25, 0.3) is 22.2 Å². The van der Waals surface area contributed by atoms with Crippen molar-refractivity contribution < 1.29 is 9.53 Å². The normalized spacial score (nSPS) is 11.1. The van der Waals surface area contributed by atoms with Crippen molar-refractivity contribution in [3.8, 4) is 17.0 Å². The number of aromatic nitrogens is 1. The number of para-hydroxylation sites is 1. The topological polar surface area (TPSA) is 54.5 Å². The molecule has 0 atom stereocenters. The van der Waals surface area contributed by atoms with E-state index in [-0.39, 0.29) is 5.91 Å². The van der Waals surface area contributed by atoms with Gasteiger partial charge in [0.2, 0.25) is 0 Å². The lowest BCUT2D eigenvalue weighted by molar-refractivity contribution is 0.0953. The smallest absolute Gasteiger partial charge is 0.252 e. The number of carbonyl (C=O) groups is 1. The fourth-order valence-corrected chi connectivity index (χ4v) is 3.73. The van der Waals surface area contributed by atoms with E-state index in [9.17, 15) is 4.79 Å². The summed E-state index contributed by atoms with van der Waals surface area (Å²) in [6.07, 6.45) is 3.05. The van der Waals surface area contributed by atoms with E-state index < -0.39 is 0 Å². The first-order chi connectivity index (χ1) is 15.7. The summed E-state index contributed by atoms with van der Waals surface area (Å²) in [4.78, 5) is 20.3. The van der Waals surface area contributed by atoms with E-state index >= 15 is 0 Å². The summed E-state index contributed by atoms with van der Waals surface area (Å²) < 4.78 is 5.87. The summed E-state index contributed by atoms with van der Waals surface area (Å²) in [7, 11) is 0. The minimum atomic E-state index is -0.0558. The third-order valence-corrected chi connectivity index (χ3v) is 5.69. The van der Waals surface area contributed by atoms with Crippen molar-refractivity contribution >= 4 is 16.8 Å². The van der Waals surface area contributed by atoms with Crippen molar-refractivity contribution in [2.45, 2.75) is 40.0 Å². The summed E-state index contributed by atoms with van der Waals surface area (Å²) in [5.74, 6) is 0.771. The molecule has 1 amide bonds. The van der Waals surface area contributed by atoms with Crippen molar-refractivity contribution in [3.63, 3.8) is 0 Å². The van der Waals surface area contributed by atoms with Gasteiger partial charge >= 0.3 is 0 Å². The van der Waals surface area contributed by atoms with Crippen LogP contribution in [-0.2, 0) is 0 Å². The van der Waals surface area contributed by atoms with Crippen LogP contribution in [0, 0.1) is 0 Å². The van der Waals surface area contributed by atoms with E-state index in [0.29, 0.717) is 18.7 Å². The number of hydrogen-bond acceptors (Lipinski definition) is 4. The molecule has 170 valence electrons. The van der Waals surface area contributed by atoms with Crippen molar-refractivity contribution in [2.24, 2.45) is 0 Å². The van der Waals surface area contributed by atoms with Gasteiger partial charge in [-0.2, -0.15) is 0 Å². The van der Waals surface area contributed by atoms with Gasteiger partial charge < -0.3 is 15.0 Å². The summed E-state index contributed by atoms with van der Waals surface area (Å²) in [5.41, 5.74) is 3.19.